The van der Waals surface area contributed by atoms with Gasteiger partial charge in [0.2, 0.25) is 0 Å². The summed E-state index contributed by atoms with van der Waals surface area (Å²) in [5.74, 6) is 0. The molecule has 1 heterocycles. The zero-order valence-corrected chi connectivity index (χ0v) is 12.7. The summed E-state index contributed by atoms with van der Waals surface area (Å²) in [5, 5.41) is 19.2. The van der Waals surface area contributed by atoms with Gasteiger partial charge in [0.25, 0.3) is 0 Å². The highest BCUT2D eigenvalue weighted by Crippen LogP contribution is 2.30. The van der Waals surface area contributed by atoms with Crippen LogP contribution in [0, 0.1) is 5.41 Å². The highest BCUT2D eigenvalue weighted by molar-refractivity contribution is 6.30. The Balaban J connectivity index is 2.26. The molecule has 0 saturated carbocycles. The largest absolute Gasteiger partial charge is 0.390 e. The van der Waals surface area contributed by atoms with E-state index in [9.17, 15) is 5.11 Å². The summed E-state index contributed by atoms with van der Waals surface area (Å²) < 4.78 is 1.73. The number of nitrogens with zero attached hydrogens (tertiary/aromatic N) is 3. The van der Waals surface area contributed by atoms with Crippen LogP contribution in [0.1, 0.15) is 32.4 Å². The van der Waals surface area contributed by atoms with E-state index in [4.69, 9.17) is 11.6 Å². The molecule has 4 nitrogen and oxygen atoms in total. The van der Waals surface area contributed by atoms with Crippen molar-refractivity contribution in [2.24, 2.45) is 5.41 Å². The lowest BCUT2D eigenvalue weighted by atomic mass is 9.82. The number of benzene rings is 1. The predicted octanol–water partition coefficient (Wildman–Crippen LogP) is 3.12. The number of hydrogen-bond acceptors (Lipinski definition) is 3. The molecule has 0 aliphatic carbocycles. The highest BCUT2D eigenvalue weighted by atomic mass is 35.5. The molecule has 2 rings (SSSR count). The molecule has 20 heavy (non-hydrogen) atoms. The van der Waals surface area contributed by atoms with Gasteiger partial charge in [-0.3, -0.25) is 0 Å². The minimum atomic E-state index is -0.528. The summed E-state index contributed by atoms with van der Waals surface area (Å²) in [6.07, 6.45) is 3.57. The average Bonchev–Trinajstić information content (AvgIpc) is 2.90. The zero-order chi connectivity index (χ0) is 14.8. The summed E-state index contributed by atoms with van der Waals surface area (Å²) >= 11 is 5.91. The van der Waals surface area contributed by atoms with Crippen molar-refractivity contribution in [3.05, 3.63) is 47.2 Å². The Bertz CT molecular complexity index is 531. The molecule has 0 saturated heterocycles. The number of rotatable bonds is 4. The monoisotopic (exact) mass is 293 g/mol. The van der Waals surface area contributed by atoms with Crippen LogP contribution in [0.2, 0.25) is 5.02 Å². The van der Waals surface area contributed by atoms with Gasteiger partial charge in [-0.1, -0.05) is 49.7 Å². The minimum Gasteiger partial charge on any atom is -0.390 e. The third-order valence-electron chi connectivity index (χ3n) is 3.39. The third-order valence-corrected chi connectivity index (χ3v) is 3.64. The van der Waals surface area contributed by atoms with E-state index < -0.39 is 6.10 Å². The lowest BCUT2D eigenvalue weighted by Gasteiger charge is -2.33. The van der Waals surface area contributed by atoms with Crippen LogP contribution in [-0.2, 0) is 6.42 Å². The molecule has 2 unspecified atom stereocenters. The molecule has 5 heteroatoms. The summed E-state index contributed by atoms with van der Waals surface area (Å²) in [6.45, 7) is 6.05. The molecule has 108 valence electrons. The Morgan fingerprint density at radius 1 is 1.25 bits per heavy atom. The molecule has 0 aliphatic heterocycles. The molecule has 1 N–H and O–H groups in total. The van der Waals surface area contributed by atoms with Gasteiger partial charge in [-0.15, -0.1) is 5.10 Å². The van der Waals surface area contributed by atoms with E-state index in [1.807, 2.05) is 45.0 Å². The average molecular weight is 294 g/mol. The topological polar surface area (TPSA) is 50.9 Å². The molecule has 0 spiro atoms. The van der Waals surface area contributed by atoms with E-state index in [0.29, 0.717) is 11.4 Å². The number of aliphatic hydroxyl groups is 1. The lowest BCUT2D eigenvalue weighted by Crippen LogP contribution is -2.37. The van der Waals surface area contributed by atoms with Crippen molar-refractivity contribution in [2.45, 2.75) is 39.3 Å². The number of aliphatic hydroxyl groups excluding tert-OH is 1. The molecular formula is C15H20ClN3O. The molecule has 2 aromatic rings. The number of hydrogen-bond donors (Lipinski definition) is 1. The smallest absolute Gasteiger partial charge is 0.0841 e. The van der Waals surface area contributed by atoms with Crippen molar-refractivity contribution < 1.29 is 5.11 Å². The minimum absolute atomic E-state index is 0.154. The Morgan fingerprint density at radius 2 is 1.90 bits per heavy atom. The van der Waals surface area contributed by atoms with Crippen LogP contribution >= 0.6 is 11.6 Å². The van der Waals surface area contributed by atoms with Gasteiger partial charge in [0, 0.05) is 11.2 Å². The van der Waals surface area contributed by atoms with Crippen molar-refractivity contribution in [1.82, 2.24) is 15.0 Å². The van der Waals surface area contributed by atoms with Crippen molar-refractivity contribution in [1.29, 1.82) is 0 Å². The van der Waals surface area contributed by atoms with Crippen molar-refractivity contribution in [2.75, 3.05) is 0 Å². The first kappa shape index (κ1) is 15.0. The molecule has 0 radical (unpaired) electrons. The standard InChI is InChI=1S/C15H20ClN3O/c1-15(2,3)14(20)13(19-9-8-17-18-19)10-11-4-6-12(16)7-5-11/h4-9,13-14,20H,10H2,1-3H3. The quantitative estimate of drug-likeness (QED) is 0.942. The lowest BCUT2D eigenvalue weighted by molar-refractivity contribution is 0.0119. The Morgan fingerprint density at radius 3 is 2.40 bits per heavy atom. The van der Waals surface area contributed by atoms with E-state index in [-0.39, 0.29) is 11.5 Å². The summed E-state index contributed by atoms with van der Waals surface area (Å²) in [4.78, 5) is 0. The fourth-order valence-electron chi connectivity index (χ4n) is 2.18. The Kier molecular flexibility index (Phi) is 4.45. The first-order valence-corrected chi connectivity index (χ1v) is 7.04. The van der Waals surface area contributed by atoms with Crippen molar-refractivity contribution in [3.63, 3.8) is 0 Å². The maximum atomic E-state index is 10.6. The van der Waals surface area contributed by atoms with Crippen LogP contribution in [0.25, 0.3) is 0 Å². The van der Waals surface area contributed by atoms with E-state index in [2.05, 4.69) is 10.3 Å². The van der Waals surface area contributed by atoms with Crippen LogP contribution in [0.5, 0.6) is 0 Å². The predicted molar refractivity (Wildman–Crippen MR) is 79.7 cm³/mol. The summed E-state index contributed by atoms with van der Waals surface area (Å²) in [5.41, 5.74) is 0.876. The second kappa shape index (κ2) is 5.94. The van der Waals surface area contributed by atoms with Gasteiger partial charge < -0.3 is 5.11 Å². The summed E-state index contributed by atoms with van der Waals surface area (Å²) in [6, 6.07) is 7.51. The molecule has 1 aromatic carbocycles. The van der Waals surface area contributed by atoms with Crippen LogP contribution in [0.4, 0.5) is 0 Å². The third kappa shape index (κ3) is 3.58. The first-order valence-electron chi connectivity index (χ1n) is 6.66. The second-order valence-corrected chi connectivity index (χ2v) is 6.53. The molecule has 2 atom stereocenters. The van der Waals surface area contributed by atoms with E-state index >= 15 is 0 Å². The van der Waals surface area contributed by atoms with Gasteiger partial charge in [-0.2, -0.15) is 0 Å². The second-order valence-electron chi connectivity index (χ2n) is 6.09. The SMILES string of the molecule is CC(C)(C)C(O)C(Cc1ccc(Cl)cc1)n1ccnn1. The molecule has 0 amide bonds. The van der Waals surface area contributed by atoms with Crippen LogP contribution in [0.3, 0.4) is 0 Å². The Labute approximate surface area is 124 Å². The van der Waals surface area contributed by atoms with Gasteiger partial charge >= 0.3 is 0 Å². The van der Waals surface area contributed by atoms with Gasteiger partial charge in [-0.25, -0.2) is 4.68 Å². The molecule has 0 fully saturated rings. The molecule has 0 aliphatic rings. The van der Waals surface area contributed by atoms with Gasteiger partial charge in [-0.05, 0) is 29.5 Å². The van der Waals surface area contributed by atoms with Gasteiger partial charge in [0.1, 0.15) is 0 Å². The zero-order valence-electron chi connectivity index (χ0n) is 12.0. The van der Waals surface area contributed by atoms with Gasteiger partial charge in [0.15, 0.2) is 0 Å². The fraction of sp³-hybridized carbons (Fsp3) is 0.467. The van der Waals surface area contributed by atoms with E-state index in [0.717, 1.165) is 5.56 Å². The maximum absolute atomic E-state index is 10.6. The highest BCUT2D eigenvalue weighted by Gasteiger charge is 2.32. The number of halogens is 1. The van der Waals surface area contributed by atoms with Gasteiger partial charge in [0.05, 0.1) is 18.3 Å². The van der Waals surface area contributed by atoms with Crippen molar-refractivity contribution >= 4 is 11.6 Å². The fourth-order valence-corrected chi connectivity index (χ4v) is 2.31. The summed E-state index contributed by atoms with van der Waals surface area (Å²) in [7, 11) is 0. The van der Waals surface area contributed by atoms with Crippen LogP contribution < -0.4 is 0 Å². The van der Waals surface area contributed by atoms with Crippen LogP contribution in [-0.4, -0.2) is 26.2 Å². The van der Waals surface area contributed by atoms with Crippen LogP contribution in [0.15, 0.2) is 36.7 Å². The molecular weight excluding hydrogens is 274 g/mol. The first-order chi connectivity index (χ1) is 9.38. The maximum Gasteiger partial charge on any atom is 0.0841 e. The van der Waals surface area contributed by atoms with E-state index in [1.54, 1.807) is 17.1 Å². The Hall–Kier alpha value is -1.39. The molecule has 1 aromatic heterocycles. The van der Waals surface area contributed by atoms with E-state index in [1.165, 1.54) is 0 Å². The number of aromatic nitrogens is 3. The normalized spacial score (nSPS) is 15.1. The molecule has 0 bridgehead atoms. The van der Waals surface area contributed by atoms with Crippen molar-refractivity contribution in [3.8, 4) is 0 Å².